The van der Waals surface area contributed by atoms with Gasteiger partial charge in [0.2, 0.25) is 0 Å². The molecule has 0 unspecified atom stereocenters. The van der Waals surface area contributed by atoms with Crippen LogP contribution in [0.2, 0.25) is 10.0 Å². The third-order valence-electron chi connectivity index (χ3n) is 2.38. The van der Waals surface area contributed by atoms with Gasteiger partial charge in [-0.1, -0.05) is 34.4 Å². The van der Waals surface area contributed by atoms with Gasteiger partial charge in [-0.15, -0.1) is 11.3 Å². The highest BCUT2D eigenvalue weighted by atomic mass is 35.5. The maximum Gasteiger partial charge on any atom is 0.139 e. The van der Waals surface area contributed by atoms with Crippen LogP contribution in [0.3, 0.4) is 0 Å². The fourth-order valence-corrected chi connectivity index (χ4v) is 2.73. The standard InChI is InChI=1S/C12H9Cl2NO2S/c1-17-8-5-4-7(10(13)11(8)14)12(15-16)9-3-2-6-18-9/h2-6,16H,1H3. The second kappa shape index (κ2) is 5.61. The van der Waals surface area contributed by atoms with Crippen LogP contribution in [0.1, 0.15) is 10.4 Å². The van der Waals surface area contributed by atoms with Gasteiger partial charge >= 0.3 is 0 Å². The van der Waals surface area contributed by atoms with E-state index >= 15 is 0 Å². The van der Waals surface area contributed by atoms with E-state index < -0.39 is 0 Å². The summed E-state index contributed by atoms with van der Waals surface area (Å²) < 4.78 is 5.07. The van der Waals surface area contributed by atoms with Crippen molar-refractivity contribution in [3.63, 3.8) is 0 Å². The molecule has 0 saturated heterocycles. The van der Waals surface area contributed by atoms with Crippen molar-refractivity contribution in [3.8, 4) is 5.75 Å². The molecule has 0 amide bonds. The van der Waals surface area contributed by atoms with Crippen molar-refractivity contribution in [2.75, 3.05) is 7.11 Å². The average molecular weight is 302 g/mol. The molecule has 1 aromatic heterocycles. The van der Waals surface area contributed by atoms with Gasteiger partial charge in [0.1, 0.15) is 16.5 Å². The number of halogens is 2. The maximum atomic E-state index is 9.15. The molecule has 6 heteroatoms. The molecular weight excluding hydrogens is 293 g/mol. The van der Waals surface area contributed by atoms with Crippen molar-refractivity contribution in [1.82, 2.24) is 0 Å². The smallest absolute Gasteiger partial charge is 0.139 e. The predicted octanol–water partition coefficient (Wildman–Crippen LogP) is 4.29. The van der Waals surface area contributed by atoms with E-state index in [0.717, 1.165) is 4.88 Å². The van der Waals surface area contributed by atoms with E-state index in [-0.39, 0.29) is 0 Å². The molecule has 0 spiro atoms. The Labute approximate surface area is 118 Å². The highest BCUT2D eigenvalue weighted by molar-refractivity contribution is 7.12. The quantitative estimate of drug-likeness (QED) is 0.522. The van der Waals surface area contributed by atoms with E-state index in [1.165, 1.54) is 18.4 Å². The van der Waals surface area contributed by atoms with E-state index in [4.69, 9.17) is 33.1 Å². The summed E-state index contributed by atoms with van der Waals surface area (Å²) in [6.45, 7) is 0. The highest BCUT2D eigenvalue weighted by Gasteiger charge is 2.17. The number of hydrogen-bond acceptors (Lipinski definition) is 4. The molecule has 2 rings (SSSR count). The van der Waals surface area contributed by atoms with Crippen molar-refractivity contribution in [2.45, 2.75) is 0 Å². The zero-order valence-electron chi connectivity index (χ0n) is 9.35. The Balaban J connectivity index is 2.55. The largest absolute Gasteiger partial charge is 0.495 e. The Morgan fingerprint density at radius 3 is 2.61 bits per heavy atom. The lowest BCUT2D eigenvalue weighted by Crippen LogP contribution is -2.02. The number of nitrogens with zero attached hydrogens (tertiary/aromatic N) is 1. The van der Waals surface area contributed by atoms with Gasteiger partial charge in [0.15, 0.2) is 0 Å². The van der Waals surface area contributed by atoms with Gasteiger partial charge in [-0.2, -0.15) is 0 Å². The van der Waals surface area contributed by atoms with Crippen LogP contribution < -0.4 is 4.74 Å². The Morgan fingerprint density at radius 2 is 2.06 bits per heavy atom. The lowest BCUT2D eigenvalue weighted by molar-refractivity contribution is 0.320. The number of hydrogen-bond donors (Lipinski definition) is 1. The van der Waals surface area contributed by atoms with Crippen LogP contribution >= 0.6 is 34.5 Å². The lowest BCUT2D eigenvalue weighted by Gasteiger charge is -2.09. The first-order valence-electron chi connectivity index (χ1n) is 4.97. The Kier molecular flexibility index (Phi) is 4.11. The van der Waals surface area contributed by atoms with E-state index in [1.54, 1.807) is 12.1 Å². The molecule has 3 nitrogen and oxygen atoms in total. The predicted molar refractivity (Wildman–Crippen MR) is 74.8 cm³/mol. The molecule has 0 aliphatic heterocycles. The summed E-state index contributed by atoms with van der Waals surface area (Å²) in [6.07, 6.45) is 0. The fourth-order valence-electron chi connectivity index (χ4n) is 1.52. The van der Waals surface area contributed by atoms with Crippen LogP contribution in [0.15, 0.2) is 34.8 Å². The molecule has 1 heterocycles. The van der Waals surface area contributed by atoms with E-state index in [1.807, 2.05) is 17.5 Å². The Bertz CT molecular complexity index is 582. The van der Waals surface area contributed by atoms with E-state index in [2.05, 4.69) is 5.16 Å². The molecule has 0 saturated carbocycles. The van der Waals surface area contributed by atoms with Crippen LogP contribution in [0, 0.1) is 0 Å². The zero-order chi connectivity index (χ0) is 13.1. The summed E-state index contributed by atoms with van der Waals surface area (Å²) in [7, 11) is 1.51. The van der Waals surface area contributed by atoms with Crippen molar-refractivity contribution < 1.29 is 9.94 Å². The summed E-state index contributed by atoms with van der Waals surface area (Å²) in [5, 5.41) is 14.9. The van der Waals surface area contributed by atoms with Crippen LogP contribution in [0.4, 0.5) is 0 Å². The van der Waals surface area contributed by atoms with Crippen LogP contribution in [0.5, 0.6) is 5.75 Å². The number of benzene rings is 1. The van der Waals surface area contributed by atoms with Gasteiger partial charge in [-0.3, -0.25) is 0 Å². The molecule has 94 valence electrons. The van der Waals surface area contributed by atoms with Gasteiger partial charge in [-0.25, -0.2) is 0 Å². The minimum atomic E-state index is 0.300. The molecule has 18 heavy (non-hydrogen) atoms. The van der Waals surface area contributed by atoms with Gasteiger partial charge in [0.25, 0.3) is 0 Å². The number of thiophene rings is 1. The van der Waals surface area contributed by atoms with Gasteiger partial charge in [0.05, 0.1) is 17.0 Å². The molecule has 1 N–H and O–H groups in total. The summed E-state index contributed by atoms with van der Waals surface area (Å²) in [5.41, 5.74) is 0.951. The number of methoxy groups -OCH3 is 1. The molecule has 2 aromatic rings. The molecule has 0 aliphatic carbocycles. The van der Waals surface area contributed by atoms with E-state index in [9.17, 15) is 0 Å². The minimum absolute atomic E-state index is 0.300. The third-order valence-corrected chi connectivity index (χ3v) is 4.12. The van der Waals surface area contributed by atoms with Crippen molar-refractivity contribution >= 4 is 40.3 Å². The molecular formula is C12H9Cl2NO2S. The molecule has 0 radical (unpaired) electrons. The first kappa shape index (κ1) is 13.2. The first-order valence-corrected chi connectivity index (χ1v) is 6.61. The van der Waals surface area contributed by atoms with Crippen molar-refractivity contribution in [2.24, 2.45) is 5.16 Å². The monoisotopic (exact) mass is 301 g/mol. The summed E-state index contributed by atoms with van der Waals surface area (Å²) in [4.78, 5) is 0.806. The van der Waals surface area contributed by atoms with E-state index in [0.29, 0.717) is 27.1 Å². The van der Waals surface area contributed by atoms with Crippen LogP contribution in [0.25, 0.3) is 0 Å². The minimum Gasteiger partial charge on any atom is -0.495 e. The molecule has 0 atom stereocenters. The van der Waals surface area contributed by atoms with Crippen LogP contribution in [-0.4, -0.2) is 18.0 Å². The molecule has 0 aliphatic rings. The van der Waals surface area contributed by atoms with Gasteiger partial charge < -0.3 is 9.94 Å². The van der Waals surface area contributed by atoms with Crippen molar-refractivity contribution in [1.29, 1.82) is 0 Å². The number of ether oxygens (including phenoxy) is 1. The summed E-state index contributed by atoms with van der Waals surface area (Å²) in [5.74, 6) is 0.480. The molecule has 0 fully saturated rings. The lowest BCUT2D eigenvalue weighted by atomic mass is 10.1. The molecule has 1 aromatic carbocycles. The maximum absolute atomic E-state index is 9.15. The highest BCUT2D eigenvalue weighted by Crippen LogP contribution is 2.36. The third kappa shape index (κ3) is 2.32. The van der Waals surface area contributed by atoms with Gasteiger partial charge in [-0.05, 0) is 23.6 Å². The van der Waals surface area contributed by atoms with Crippen LogP contribution in [-0.2, 0) is 0 Å². The second-order valence-corrected chi connectivity index (χ2v) is 5.07. The average Bonchev–Trinajstić information content (AvgIpc) is 2.89. The topological polar surface area (TPSA) is 41.8 Å². The summed E-state index contributed by atoms with van der Waals surface area (Å²) in [6, 6.07) is 7.10. The fraction of sp³-hybridized carbons (Fsp3) is 0.0833. The normalized spacial score (nSPS) is 11.6. The zero-order valence-corrected chi connectivity index (χ0v) is 11.7. The molecule has 0 bridgehead atoms. The van der Waals surface area contributed by atoms with Gasteiger partial charge in [0, 0.05) is 5.56 Å². The Hall–Kier alpha value is -1.23. The SMILES string of the molecule is COc1ccc(C(=NO)c2cccs2)c(Cl)c1Cl. The van der Waals surface area contributed by atoms with Crippen molar-refractivity contribution in [3.05, 3.63) is 50.1 Å². The summed E-state index contributed by atoms with van der Waals surface area (Å²) >= 11 is 13.7. The Morgan fingerprint density at radius 1 is 1.28 bits per heavy atom. The number of oxime groups is 1. The number of rotatable bonds is 3. The second-order valence-electron chi connectivity index (χ2n) is 3.37. The first-order chi connectivity index (χ1) is 8.69.